The summed E-state index contributed by atoms with van der Waals surface area (Å²) in [6, 6.07) is 8.25. The Bertz CT molecular complexity index is 766. The first-order chi connectivity index (χ1) is 12.8. The fourth-order valence-electron chi connectivity index (χ4n) is 4.15. The van der Waals surface area contributed by atoms with Crippen molar-refractivity contribution in [3.63, 3.8) is 0 Å². The number of aryl methyl sites for hydroxylation is 1. The molecule has 2 unspecified atom stereocenters. The van der Waals surface area contributed by atoms with Crippen LogP contribution in [0.2, 0.25) is 0 Å². The van der Waals surface area contributed by atoms with Gasteiger partial charge in [-0.2, -0.15) is 0 Å². The summed E-state index contributed by atoms with van der Waals surface area (Å²) in [6.45, 7) is 6.18. The van der Waals surface area contributed by atoms with E-state index in [1.807, 2.05) is 6.07 Å². The number of ether oxygens (including phenoxy) is 1. The molecule has 4 rings (SSSR count). The van der Waals surface area contributed by atoms with E-state index in [4.69, 9.17) is 9.72 Å². The first kappa shape index (κ1) is 17.3. The lowest BCUT2D eigenvalue weighted by Crippen LogP contribution is -2.45. The number of anilines is 1. The largest absolute Gasteiger partial charge is 0.376 e. The van der Waals surface area contributed by atoms with Crippen LogP contribution in [0.1, 0.15) is 32.6 Å². The van der Waals surface area contributed by atoms with Gasteiger partial charge in [0.1, 0.15) is 0 Å². The van der Waals surface area contributed by atoms with Gasteiger partial charge in [-0.3, -0.25) is 4.79 Å². The first-order valence-electron chi connectivity index (χ1n) is 9.85. The Morgan fingerprint density at radius 1 is 1.31 bits per heavy atom. The van der Waals surface area contributed by atoms with Gasteiger partial charge in [-0.15, -0.1) is 0 Å². The van der Waals surface area contributed by atoms with Gasteiger partial charge in [0.2, 0.25) is 11.9 Å². The average molecular weight is 356 g/mol. The highest BCUT2D eigenvalue weighted by atomic mass is 16.5. The molecular formula is C20H28N4O2. The van der Waals surface area contributed by atoms with Crippen LogP contribution in [0.25, 0.3) is 11.0 Å². The number of imidazole rings is 1. The van der Waals surface area contributed by atoms with Gasteiger partial charge < -0.3 is 19.5 Å². The fraction of sp³-hybridized carbons (Fsp3) is 0.600. The van der Waals surface area contributed by atoms with Crippen molar-refractivity contribution in [2.45, 2.75) is 45.3 Å². The predicted octanol–water partition coefficient (Wildman–Crippen LogP) is 2.57. The number of aromatic nitrogens is 2. The summed E-state index contributed by atoms with van der Waals surface area (Å²) in [4.78, 5) is 19.8. The van der Waals surface area contributed by atoms with Crippen LogP contribution in [0.3, 0.4) is 0 Å². The molecule has 0 bridgehead atoms. The summed E-state index contributed by atoms with van der Waals surface area (Å²) < 4.78 is 7.86. The zero-order valence-corrected chi connectivity index (χ0v) is 15.5. The van der Waals surface area contributed by atoms with Crippen LogP contribution in [-0.2, 0) is 16.1 Å². The van der Waals surface area contributed by atoms with Gasteiger partial charge in [-0.1, -0.05) is 12.1 Å². The van der Waals surface area contributed by atoms with E-state index in [1.165, 1.54) is 0 Å². The van der Waals surface area contributed by atoms with Gasteiger partial charge in [0, 0.05) is 32.8 Å². The number of piperidine rings is 1. The number of amides is 1. The van der Waals surface area contributed by atoms with Gasteiger partial charge in [-0.05, 0) is 44.7 Å². The number of carbonyl (C=O) groups excluding carboxylic acids is 1. The molecule has 1 aromatic heterocycles. The maximum Gasteiger partial charge on any atom is 0.224 e. The van der Waals surface area contributed by atoms with Crippen molar-refractivity contribution < 1.29 is 9.53 Å². The molecule has 26 heavy (non-hydrogen) atoms. The van der Waals surface area contributed by atoms with E-state index in [0.717, 1.165) is 68.9 Å². The van der Waals surface area contributed by atoms with E-state index in [-0.39, 0.29) is 17.9 Å². The molecule has 0 aliphatic carbocycles. The highest BCUT2D eigenvalue weighted by Gasteiger charge is 2.29. The predicted molar refractivity (Wildman–Crippen MR) is 102 cm³/mol. The molecule has 1 aromatic carbocycles. The molecule has 3 heterocycles. The zero-order valence-electron chi connectivity index (χ0n) is 15.5. The van der Waals surface area contributed by atoms with Crippen LogP contribution in [-0.4, -0.2) is 47.8 Å². The molecular weight excluding hydrogens is 328 g/mol. The molecule has 2 fully saturated rings. The van der Waals surface area contributed by atoms with Crippen molar-refractivity contribution in [2.24, 2.45) is 5.92 Å². The van der Waals surface area contributed by atoms with E-state index in [2.05, 4.69) is 39.9 Å². The molecule has 1 amide bonds. The van der Waals surface area contributed by atoms with Crippen molar-refractivity contribution in [3.8, 4) is 0 Å². The molecule has 2 aliphatic rings. The number of hydrogen-bond donors (Lipinski definition) is 1. The molecule has 140 valence electrons. The number of nitrogens with one attached hydrogen (secondary N) is 1. The summed E-state index contributed by atoms with van der Waals surface area (Å²) in [5.41, 5.74) is 2.18. The molecule has 2 aromatic rings. The topological polar surface area (TPSA) is 59.4 Å². The molecule has 0 spiro atoms. The Morgan fingerprint density at radius 2 is 2.19 bits per heavy atom. The van der Waals surface area contributed by atoms with Crippen molar-refractivity contribution in [2.75, 3.05) is 31.1 Å². The van der Waals surface area contributed by atoms with Gasteiger partial charge in [0.15, 0.2) is 0 Å². The summed E-state index contributed by atoms with van der Waals surface area (Å²) in [6.07, 6.45) is 4.32. The third kappa shape index (κ3) is 3.43. The normalized spacial score (nSPS) is 23.5. The Kier molecular flexibility index (Phi) is 5.11. The number of rotatable bonds is 5. The summed E-state index contributed by atoms with van der Waals surface area (Å²) in [5, 5.41) is 3.10. The van der Waals surface area contributed by atoms with Gasteiger partial charge in [-0.25, -0.2) is 4.98 Å². The number of para-hydroxylation sites is 2. The van der Waals surface area contributed by atoms with Crippen LogP contribution < -0.4 is 10.2 Å². The van der Waals surface area contributed by atoms with E-state index in [1.54, 1.807) is 0 Å². The van der Waals surface area contributed by atoms with Crippen molar-refractivity contribution >= 4 is 22.9 Å². The van der Waals surface area contributed by atoms with Crippen LogP contribution in [0, 0.1) is 5.92 Å². The Morgan fingerprint density at radius 3 is 3.00 bits per heavy atom. The van der Waals surface area contributed by atoms with Crippen molar-refractivity contribution in [3.05, 3.63) is 24.3 Å². The second-order valence-electron chi connectivity index (χ2n) is 7.31. The average Bonchev–Trinajstić information content (AvgIpc) is 3.33. The highest BCUT2D eigenvalue weighted by Crippen LogP contribution is 2.27. The highest BCUT2D eigenvalue weighted by molar-refractivity contribution is 5.81. The van der Waals surface area contributed by atoms with Crippen molar-refractivity contribution in [1.29, 1.82) is 0 Å². The summed E-state index contributed by atoms with van der Waals surface area (Å²) in [5.74, 6) is 1.17. The van der Waals surface area contributed by atoms with Gasteiger partial charge in [0.25, 0.3) is 0 Å². The fourth-order valence-corrected chi connectivity index (χ4v) is 4.15. The Labute approximate surface area is 154 Å². The van der Waals surface area contributed by atoms with Crippen LogP contribution in [0.15, 0.2) is 24.3 Å². The molecule has 6 nitrogen and oxygen atoms in total. The summed E-state index contributed by atoms with van der Waals surface area (Å²) in [7, 11) is 0. The number of hydrogen-bond acceptors (Lipinski definition) is 4. The molecule has 1 N–H and O–H groups in total. The van der Waals surface area contributed by atoms with Gasteiger partial charge in [0.05, 0.1) is 23.1 Å². The number of carbonyl (C=O) groups is 1. The van der Waals surface area contributed by atoms with E-state index in [9.17, 15) is 4.79 Å². The summed E-state index contributed by atoms with van der Waals surface area (Å²) >= 11 is 0. The lowest BCUT2D eigenvalue weighted by Gasteiger charge is -2.33. The Hall–Kier alpha value is -2.08. The van der Waals surface area contributed by atoms with Crippen LogP contribution in [0.5, 0.6) is 0 Å². The molecule has 2 aliphatic heterocycles. The number of fused-ring (bicyclic) bond motifs is 1. The lowest BCUT2D eigenvalue weighted by molar-refractivity contribution is -0.125. The minimum atomic E-state index is 0.0234. The van der Waals surface area contributed by atoms with E-state index < -0.39 is 0 Å². The molecule has 2 atom stereocenters. The molecule has 0 saturated carbocycles. The van der Waals surface area contributed by atoms with E-state index in [0.29, 0.717) is 6.54 Å². The second-order valence-corrected chi connectivity index (χ2v) is 7.31. The minimum Gasteiger partial charge on any atom is -0.376 e. The lowest BCUT2D eigenvalue weighted by atomic mass is 9.97. The molecule has 6 heteroatoms. The third-order valence-electron chi connectivity index (χ3n) is 5.55. The maximum absolute atomic E-state index is 12.6. The maximum atomic E-state index is 12.6. The number of benzene rings is 1. The van der Waals surface area contributed by atoms with Crippen LogP contribution in [0.4, 0.5) is 5.95 Å². The molecule has 2 saturated heterocycles. The first-order valence-corrected chi connectivity index (χ1v) is 9.85. The minimum absolute atomic E-state index is 0.0234. The number of nitrogens with zero attached hydrogens (tertiary/aromatic N) is 3. The zero-order chi connectivity index (χ0) is 17.9. The standard InChI is InChI=1S/C20H28N4O2/c1-2-24-18-10-4-3-9-17(18)22-20(24)23-11-5-7-15(14-23)19(25)21-13-16-8-6-12-26-16/h3-4,9-10,15-16H,2,5-8,11-14H2,1H3,(H,21,25). The third-order valence-corrected chi connectivity index (χ3v) is 5.55. The smallest absolute Gasteiger partial charge is 0.224 e. The van der Waals surface area contributed by atoms with Crippen molar-refractivity contribution in [1.82, 2.24) is 14.9 Å². The van der Waals surface area contributed by atoms with Crippen LogP contribution >= 0.6 is 0 Å². The Balaban J connectivity index is 1.45. The molecule has 0 radical (unpaired) electrons. The van der Waals surface area contributed by atoms with E-state index >= 15 is 0 Å². The second kappa shape index (κ2) is 7.66. The van der Waals surface area contributed by atoms with Gasteiger partial charge >= 0.3 is 0 Å². The quantitative estimate of drug-likeness (QED) is 0.894. The SMILES string of the molecule is CCn1c(N2CCCC(C(=O)NCC3CCCO3)C2)nc2ccccc21. The monoisotopic (exact) mass is 356 g/mol.